The number of benzene rings is 4. The number of nitrogen functional groups attached to an aromatic ring is 2. The van der Waals surface area contributed by atoms with Crippen molar-refractivity contribution in [1.29, 1.82) is 0 Å². The standard InChI is InChI=1S/C35H38N10O4.C18H13N7O3.C16H25N3O2/c1-35(25-6-3-2-4-7-25,45-32-28(24-37-45)31-38-30(29-8-5-20-49-29)40-44(31)34(36)39-32)33(46)43-15-13-42(14-16-43)26-9-11-27(12-10-26)48-23-19-41-17-21-47-22-18-41;19-18-22-16-11(15-21-14(23-25(15)18)12-7-4-8-28-12)9-20-24(16)13(17(26)27)10-5-2-1-3-6-10;1-3-16(21-14-11-18-9-12-20-13-10-18)4-2-15(1)19-7-5-17-6-8-19/h2-12,20,24H,13-19,21-23H2,1H3,(H2,36,39);1-9,13H,(H2,19,22)(H,26,27);1-4,17H,5-14H2. The number of carboxylic acid groups (broad SMARTS) is 1. The lowest BCUT2D eigenvalue weighted by atomic mass is 9.90. The van der Waals surface area contributed by atoms with Gasteiger partial charge in [0.1, 0.15) is 24.7 Å². The number of hydrogen-bond acceptors (Lipinski definition) is 23. The smallest absolute Gasteiger partial charge is 0.333 e. The van der Waals surface area contributed by atoms with Crippen molar-refractivity contribution in [3.63, 3.8) is 0 Å². The Kier molecular flexibility index (Phi) is 19.2. The van der Waals surface area contributed by atoms with E-state index in [1.807, 2.05) is 60.4 Å². The third-order valence-corrected chi connectivity index (χ3v) is 18.0. The molecule has 0 saturated carbocycles. The Hall–Kier alpha value is -11.0. The van der Waals surface area contributed by atoms with Crippen LogP contribution in [0.25, 0.3) is 56.5 Å². The van der Waals surface area contributed by atoms with Crippen molar-refractivity contribution < 1.29 is 42.5 Å². The number of carbonyl (C=O) groups is 2. The second-order valence-corrected chi connectivity index (χ2v) is 24.1. The molecule has 2 atom stereocenters. The van der Waals surface area contributed by atoms with Crippen LogP contribution in [0.1, 0.15) is 24.1 Å². The molecule has 0 bridgehead atoms. The van der Waals surface area contributed by atoms with Crippen molar-refractivity contribution in [2.75, 3.05) is 153 Å². The molecule has 0 radical (unpaired) electrons. The first kappa shape index (κ1) is 64.4. The molecule has 16 rings (SSSR count). The van der Waals surface area contributed by atoms with Gasteiger partial charge in [0, 0.05) is 103 Å². The van der Waals surface area contributed by atoms with E-state index in [1.54, 1.807) is 65.7 Å². The number of rotatable bonds is 18. The minimum Gasteiger partial charge on any atom is -0.492 e. The number of morpholine rings is 2. The van der Waals surface area contributed by atoms with Crippen LogP contribution in [0.3, 0.4) is 0 Å². The maximum Gasteiger partial charge on any atom is 0.333 e. The summed E-state index contributed by atoms with van der Waals surface area (Å²) >= 11 is 0. The first-order valence-corrected chi connectivity index (χ1v) is 32.8. The van der Waals surface area contributed by atoms with Crippen LogP contribution in [0.5, 0.6) is 11.5 Å². The molecule has 2 unspecified atom stereocenters. The van der Waals surface area contributed by atoms with Crippen LogP contribution in [0.2, 0.25) is 0 Å². The molecular formula is C69H76N20O9. The molecule has 4 aliphatic heterocycles. The highest BCUT2D eigenvalue weighted by Crippen LogP contribution is 2.35. The van der Waals surface area contributed by atoms with Crippen molar-refractivity contribution in [3.05, 3.63) is 170 Å². The highest BCUT2D eigenvalue weighted by atomic mass is 16.5. The number of carboxylic acids is 1. The van der Waals surface area contributed by atoms with Crippen LogP contribution in [0, 0.1) is 0 Å². The fraction of sp³-hybridized carbons (Fsp3) is 0.333. The lowest BCUT2D eigenvalue weighted by molar-refractivity contribution is -0.140. The van der Waals surface area contributed by atoms with E-state index in [1.165, 1.54) is 31.9 Å². The molecule has 4 saturated heterocycles. The Morgan fingerprint density at radius 1 is 0.561 bits per heavy atom. The number of furan rings is 2. The first-order valence-electron chi connectivity index (χ1n) is 32.8. The van der Waals surface area contributed by atoms with Gasteiger partial charge in [0.25, 0.3) is 5.91 Å². The minimum absolute atomic E-state index is 0.0618. The fourth-order valence-corrected chi connectivity index (χ4v) is 12.6. The van der Waals surface area contributed by atoms with Gasteiger partial charge < -0.3 is 64.4 Å². The second-order valence-electron chi connectivity index (χ2n) is 24.1. The predicted molar refractivity (Wildman–Crippen MR) is 366 cm³/mol. The van der Waals surface area contributed by atoms with Crippen molar-refractivity contribution in [2.45, 2.75) is 18.5 Å². The average molecular weight is 1330 g/mol. The molecule has 0 spiro atoms. The molecule has 29 heteroatoms. The molecule has 0 aliphatic carbocycles. The normalized spacial score (nSPS) is 16.5. The zero-order valence-corrected chi connectivity index (χ0v) is 54.2. The Labute approximate surface area is 562 Å². The van der Waals surface area contributed by atoms with Gasteiger partial charge in [-0.1, -0.05) is 60.7 Å². The number of fused-ring (bicyclic) bond motifs is 6. The topological polar surface area (TPSA) is 320 Å². The molecule has 4 fully saturated rings. The predicted octanol–water partition coefficient (Wildman–Crippen LogP) is 5.94. The van der Waals surface area contributed by atoms with Gasteiger partial charge in [-0.05, 0) is 90.8 Å². The Morgan fingerprint density at radius 3 is 1.56 bits per heavy atom. The zero-order chi connectivity index (χ0) is 67.0. The highest BCUT2D eigenvalue weighted by molar-refractivity contribution is 5.95. The summed E-state index contributed by atoms with van der Waals surface area (Å²) in [6.45, 7) is 19.1. The summed E-state index contributed by atoms with van der Waals surface area (Å²) in [4.78, 5) is 56.2. The molecule has 12 aromatic rings. The van der Waals surface area contributed by atoms with E-state index in [2.05, 4.69) is 86.6 Å². The van der Waals surface area contributed by atoms with Gasteiger partial charge in [0.05, 0.1) is 62.1 Å². The van der Waals surface area contributed by atoms with Gasteiger partial charge in [0.15, 0.2) is 45.7 Å². The van der Waals surface area contributed by atoms with Crippen LogP contribution in [0.15, 0.2) is 167 Å². The number of aliphatic carboxylic acids is 1. The van der Waals surface area contributed by atoms with Gasteiger partial charge in [-0.2, -0.15) is 29.2 Å². The number of nitrogens with two attached hydrogens (primary N) is 2. The fourth-order valence-electron chi connectivity index (χ4n) is 12.6. The summed E-state index contributed by atoms with van der Waals surface area (Å²) in [6.07, 6.45) is 6.26. The Morgan fingerprint density at radius 2 is 1.05 bits per heavy atom. The maximum absolute atomic E-state index is 14.7. The van der Waals surface area contributed by atoms with E-state index >= 15 is 0 Å². The third-order valence-electron chi connectivity index (χ3n) is 18.0. The summed E-state index contributed by atoms with van der Waals surface area (Å²) in [7, 11) is 0. The number of aromatic nitrogens is 12. The first-order chi connectivity index (χ1) is 48.0. The number of ether oxygens (including phenoxy) is 4. The lowest BCUT2D eigenvalue weighted by Crippen LogP contribution is -2.56. The van der Waals surface area contributed by atoms with Crippen LogP contribution in [0.4, 0.5) is 23.3 Å². The number of anilines is 4. The lowest BCUT2D eigenvalue weighted by Gasteiger charge is -2.40. The summed E-state index contributed by atoms with van der Waals surface area (Å²) in [5.74, 6) is 2.58. The summed E-state index contributed by atoms with van der Waals surface area (Å²) < 4.78 is 39.3. The maximum atomic E-state index is 14.7. The van der Waals surface area contributed by atoms with Crippen molar-refractivity contribution in [1.82, 2.24) is 78.7 Å². The highest BCUT2D eigenvalue weighted by Gasteiger charge is 2.44. The summed E-state index contributed by atoms with van der Waals surface area (Å²) in [5, 5.41) is 32.2. The van der Waals surface area contributed by atoms with Crippen molar-refractivity contribution in [3.8, 4) is 34.7 Å². The number of piperazine rings is 2. The SMILES string of the molecule is CC(C(=O)N1CCN(c2ccc(OCCN3CCOCC3)cc2)CC1)(c1ccccc1)n1ncc2c1nc(N)n1nc(-c3ccco3)nc21.Nc1nc2c(cnn2C(C(=O)O)c2ccccc2)c2nc(-c3ccco3)nn12.c1cc(N2CCNCC2)ccc1OCCN1CCOCC1. The molecule has 4 aliphatic rings. The van der Waals surface area contributed by atoms with E-state index < -0.39 is 17.6 Å². The van der Waals surface area contributed by atoms with Crippen LogP contribution >= 0.6 is 0 Å². The largest absolute Gasteiger partial charge is 0.492 e. The summed E-state index contributed by atoms with van der Waals surface area (Å²) in [5.41, 5.74) is 16.6. The number of amides is 1. The van der Waals surface area contributed by atoms with E-state index in [-0.39, 0.29) is 17.8 Å². The molecule has 12 heterocycles. The van der Waals surface area contributed by atoms with E-state index in [9.17, 15) is 14.7 Å². The van der Waals surface area contributed by atoms with Crippen molar-refractivity contribution >= 4 is 68.5 Å². The van der Waals surface area contributed by atoms with Gasteiger partial charge in [-0.25, -0.2) is 24.1 Å². The summed E-state index contributed by atoms with van der Waals surface area (Å²) in [6, 6.07) is 41.1. The van der Waals surface area contributed by atoms with E-state index in [4.69, 9.17) is 54.3 Å². The number of hydrogen-bond donors (Lipinski definition) is 4. The van der Waals surface area contributed by atoms with Gasteiger partial charge in [-0.3, -0.25) is 14.6 Å². The Bertz CT molecular complexity index is 4600. The monoisotopic (exact) mass is 1330 g/mol. The Balaban J connectivity index is 0.000000141. The molecule has 29 nitrogen and oxygen atoms in total. The molecule has 1 amide bonds. The quantitative estimate of drug-likeness (QED) is 0.0772. The average Bonchev–Trinajstić information content (AvgIpc) is 1.44. The van der Waals surface area contributed by atoms with Crippen LogP contribution in [-0.2, 0) is 24.6 Å². The van der Waals surface area contributed by atoms with Crippen molar-refractivity contribution in [2.24, 2.45) is 0 Å². The van der Waals surface area contributed by atoms with E-state index in [0.29, 0.717) is 94.9 Å². The molecular weight excluding hydrogens is 1250 g/mol. The van der Waals surface area contributed by atoms with Gasteiger partial charge >= 0.3 is 5.97 Å². The third kappa shape index (κ3) is 13.7. The second kappa shape index (κ2) is 29.2. The number of nitrogens with zero attached hydrogens (tertiary/aromatic N) is 17. The van der Waals surface area contributed by atoms with E-state index in [0.717, 1.165) is 121 Å². The molecule has 6 N–H and O–H groups in total. The zero-order valence-electron chi connectivity index (χ0n) is 54.2. The minimum atomic E-state index is -1.22. The molecule has 4 aromatic carbocycles. The molecule has 506 valence electrons. The molecule has 98 heavy (non-hydrogen) atoms. The van der Waals surface area contributed by atoms with Crippen LogP contribution in [-0.4, -0.2) is 222 Å². The number of nitrogens with one attached hydrogen (secondary N) is 1. The number of carbonyl (C=O) groups excluding carboxylic acids is 1. The van der Waals surface area contributed by atoms with Crippen LogP contribution < -0.4 is 36.1 Å². The van der Waals surface area contributed by atoms with Gasteiger partial charge in [0.2, 0.25) is 23.5 Å². The van der Waals surface area contributed by atoms with Gasteiger partial charge in [-0.15, -0.1) is 10.2 Å². The molecule has 8 aromatic heterocycles.